The molecule has 1 aromatic carbocycles. The van der Waals surface area contributed by atoms with Crippen LogP contribution in [0.3, 0.4) is 0 Å². The van der Waals surface area contributed by atoms with Crippen LogP contribution in [-0.2, 0) is 6.54 Å². The predicted octanol–water partition coefficient (Wildman–Crippen LogP) is 2.61. The molecule has 3 N–H and O–H groups in total. The highest BCUT2D eigenvalue weighted by Gasteiger charge is 2.62. The van der Waals surface area contributed by atoms with Crippen LogP contribution in [0.1, 0.15) is 31.2 Å². The Morgan fingerprint density at radius 2 is 1.89 bits per heavy atom. The Hall–Kier alpha value is -1.26. The summed E-state index contributed by atoms with van der Waals surface area (Å²) in [5.41, 5.74) is 6.89. The summed E-state index contributed by atoms with van der Waals surface area (Å²) >= 11 is 0. The Morgan fingerprint density at radius 3 is 2.37 bits per heavy atom. The summed E-state index contributed by atoms with van der Waals surface area (Å²) in [5, 5.41) is 9.45. The van der Waals surface area contributed by atoms with Crippen molar-refractivity contribution in [3.05, 3.63) is 35.9 Å². The Balaban J connectivity index is 0.00000133. The molecule has 0 atom stereocenters. The standard InChI is InChI=1S/C14H18N2O2.ClH/c15-13-6-7-14(9-13,10-13)16(12(17)18)8-11-4-2-1-3-5-11;/h1-5H,6-10,15H2,(H,17,18);1H. The molecule has 4 nitrogen and oxygen atoms in total. The van der Waals surface area contributed by atoms with Gasteiger partial charge in [0.2, 0.25) is 0 Å². The van der Waals surface area contributed by atoms with E-state index in [1.165, 1.54) is 0 Å². The highest BCUT2D eigenvalue weighted by atomic mass is 35.5. The van der Waals surface area contributed by atoms with Crippen LogP contribution in [0.5, 0.6) is 0 Å². The zero-order chi connectivity index (χ0) is 12.8. The molecule has 1 aromatic rings. The molecule has 4 rings (SSSR count). The van der Waals surface area contributed by atoms with Gasteiger partial charge in [0, 0.05) is 12.1 Å². The zero-order valence-corrected chi connectivity index (χ0v) is 11.5. The Bertz CT molecular complexity index is 472. The van der Waals surface area contributed by atoms with Crippen LogP contribution < -0.4 is 5.73 Å². The molecule has 1 amide bonds. The average Bonchev–Trinajstić information content (AvgIpc) is 2.81. The Kier molecular flexibility index (Phi) is 3.49. The largest absolute Gasteiger partial charge is 0.465 e. The van der Waals surface area contributed by atoms with E-state index in [0.29, 0.717) is 6.54 Å². The lowest BCUT2D eigenvalue weighted by Gasteiger charge is -2.50. The molecule has 3 saturated carbocycles. The molecule has 0 aliphatic heterocycles. The number of hydrogen-bond donors (Lipinski definition) is 2. The highest BCUT2D eigenvalue weighted by molar-refractivity contribution is 5.85. The van der Waals surface area contributed by atoms with Crippen LogP contribution >= 0.6 is 12.4 Å². The number of carbonyl (C=O) groups is 1. The third-order valence-electron chi connectivity index (χ3n) is 4.44. The molecule has 0 spiro atoms. The fraction of sp³-hybridized carbons (Fsp3) is 0.500. The number of halogens is 1. The second kappa shape index (κ2) is 4.69. The minimum Gasteiger partial charge on any atom is -0.465 e. The number of rotatable bonds is 3. The number of nitrogens with two attached hydrogens (primary N) is 1. The van der Waals surface area contributed by atoms with Gasteiger partial charge in [-0.25, -0.2) is 4.79 Å². The number of fused-ring (bicyclic) bond motifs is 1. The van der Waals surface area contributed by atoms with Gasteiger partial charge in [0.15, 0.2) is 0 Å². The normalized spacial score (nSPS) is 31.2. The average molecular weight is 283 g/mol. The fourth-order valence-electron chi connectivity index (χ4n) is 3.62. The van der Waals surface area contributed by atoms with E-state index in [4.69, 9.17) is 5.73 Å². The maximum atomic E-state index is 11.5. The van der Waals surface area contributed by atoms with E-state index < -0.39 is 6.09 Å². The zero-order valence-electron chi connectivity index (χ0n) is 10.7. The first-order chi connectivity index (χ1) is 8.53. The van der Waals surface area contributed by atoms with Gasteiger partial charge in [-0.3, -0.25) is 4.90 Å². The molecule has 2 bridgehead atoms. The molecule has 19 heavy (non-hydrogen) atoms. The quantitative estimate of drug-likeness (QED) is 0.895. The molecule has 0 aromatic heterocycles. The first-order valence-corrected chi connectivity index (χ1v) is 6.37. The minimum atomic E-state index is -0.831. The van der Waals surface area contributed by atoms with Gasteiger partial charge >= 0.3 is 6.09 Å². The summed E-state index contributed by atoms with van der Waals surface area (Å²) in [7, 11) is 0. The van der Waals surface area contributed by atoms with Crippen LogP contribution in [0, 0.1) is 0 Å². The van der Waals surface area contributed by atoms with Crippen molar-refractivity contribution in [2.75, 3.05) is 0 Å². The number of hydrogen-bond acceptors (Lipinski definition) is 2. The van der Waals surface area contributed by atoms with E-state index in [2.05, 4.69) is 0 Å². The van der Waals surface area contributed by atoms with E-state index in [1.807, 2.05) is 30.3 Å². The van der Waals surface area contributed by atoms with Gasteiger partial charge in [-0.2, -0.15) is 0 Å². The molecule has 5 heteroatoms. The lowest BCUT2D eigenvalue weighted by atomic mass is 9.70. The van der Waals surface area contributed by atoms with Crippen LogP contribution in [0.15, 0.2) is 30.3 Å². The van der Waals surface area contributed by atoms with Gasteiger partial charge in [-0.1, -0.05) is 30.3 Å². The second-order valence-corrected chi connectivity index (χ2v) is 5.79. The summed E-state index contributed by atoms with van der Waals surface area (Å²) in [5.74, 6) is 0. The van der Waals surface area contributed by atoms with Crippen molar-refractivity contribution >= 4 is 18.5 Å². The maximum absolute atomic E-state index is 11.5. The van der Waals surface area contributed by atoms with Crippen molar-refractivity contribution in [3.8, 4) is 0 Å². The topological polar surface area (TPSA) is 66.6 Å². The summed E-state index contributed by atoms with van der Waals surface area (Å²) in [6, 6.07) is 9.76. The summed E-state index contributed by atoms with van der Waals surface area (Å²) in [6.07, 6.45) is 2.66. The highest BCUT2D eigenvalue weighted by Crippen LogP contribution is 2.57. The predicted molar refractivity (Wildman–Crippen MR) is 75.4 cm³/mol. The number of nitrogens with zero attached hydrogens (tertiary/aromatic N) is 1. The third kappa shape index (κ3) is 2.30. The third-order valence-corrected chi connectivity index (χ3v) is 4.44. The van der Waals surface area contributed by atoms with Gasteiger partial charge in [0.1, 0.15) is 0 Å². The van der Waals surface area contributed by atoms with Crippen molar-refractivity contribution in [3.63, 3.8) is 0 Å². The molecule has 0 radical (unpaired) electrons. The van der Waals surface area contributed by atoms with Crippen molar-refractivity contribution in [1.29, 1.82) is 0 Å². The van der Waals surface area contributed by atoms with Gasteiger partial charge in [0.05, 0.1) is 5.54 Å². The van der Waals surface area contributed by atoms with Gasteiger partial charge < -0.3 is 10.8 Å². The second-order valence-electron chi connectivity index (χ2n) is 5.79. The van der Waals surface area contributed by atoms with E-state index in [1.54, 1.807) is 4.90 Å². The Morgan fingerprint density at radius 1 is 1.26 bits per heavy atom. The summed E-state index contributed by atoms with van der Waals surface area (Å²) < 4.78 is 0. The van der Waals surface area contributed by atoms with E-state index in [0.717, 1.165) is 31.2 Å². The smallest absolute Gasteiger partial charge is 0.408 e. The van der Waals surface area contributed by atoms with E-state index in [9.17, 15) is 9.90 Å². The molecule has 3 aliphatic rings. The van der Waals surface area contributed by atoms with E-state index >= 15 is 0 Å². The molecular weight excluding hydrogens is 264 g/mol. The molecule has 3 aliphatic carbocycles. The molecule has 0 unspecified atom stereocenters. The molecular formula is C14H19ClN2O2. The van der Waals surface area contributed by atoms with Crippen LogP contribution in [0.25, 0.3) is 0 Å². The van der Waals surface area contributed by atoms with Gasteiger partial charge in [-0.15, -0.1) is 12.4 Å². The lowest BCUT2D eigenvalue weighted by Crippen LogP contribution is -2.62. The molecule has 0 heterocycles. The molecule has 3 fully saturated rings. The van der Waals surface area contributed by atoms with Crippen LogP contribution in [-0.4, -0.2) is 27.2 Å². The van der Waals surface area contributed by atoms with Crippen molar-refractivity contribution in [2.45, 2.75) is 43.3 Å². The fourth-order valence-corrected chi connectivity index (χ4v) is 3.62. The monoisotopic (exact) mass is 282 g/mol. The first-order valence-electron chi connectivity index (χ1n) is 6.37. The SMILES string of the molecule is Cl.NC12CCC(N(Cc3ccccc3)C(=O)O)(C1)C2. The van der Waals surface area contributed by atoms with Crippen LogP contribution in [0.2, 0.25) is 0 Å². The van der Waals surface area contributed by atoms with Crippen LogP contribution in [0.4, 0.5) is 4.79 Å². The van der Waals surface area contributed by atoms with Gasteiger partial charge in [-0.05, 0) is 31.2 Å². The van der Waals surface area contributed by atoms with Gasteiger partial charge in [0.25, 0.3) is 0 Å². The Labute approximate surface area is 119 Å². The number of amides is 1. The van der Waals surface area contributed by atoms with Crippen molar-refractivity contribution < 1.29 is 9.90 Å². The summed E-state index contributed by atoms with van der Waals surface area (Å²) in [6.45, 7) is 0.465. The number of benzene rings is 1. The molecule has 104 valence electrons. The molecule has 0 saturated heterocycles. The number of carboxylic acid groups (broad SMARTS) is 1. The van der Waals surface area contributed by atoms with Crippen molar-refractivity contribution in [2.24, 2.45) is 5.73 Å². The summed E-state index contributed by atoms with van der Waals surface area (Å²) in [4.78, 5) is 13.1. The van der Waals surface area contributed by atoms with Crippen molar-refractivity contribution in [1.82, 2.24) is 4.90 Å². The maximum Gasteiger partial charge on any atom is 0.408 e. The minimum absolute atomic E-state index is 0. The first kappa shape index (κ1) is 14.2. The lowest BCUT2D eigenvalue weighted by molar-refractivity contribution is 0.0162. The van der Waals surface area contributed by atoms with E-state index in [-0.39, 0.29) is 23.5 Å².